The molecular weight excluding hydrogens is 631 g/mol. The average Bonchev–Trinajstić information content (AvgIpc) is 2.93. The number of benzene rings is 3. The van der Waals surface area contributed by atoms with Gasteiger partial charge in [-0.05, 0) is 50.1 Å². The average molecular weight is 666 g/mol. The van der Waals surface area contributed by atoms with E-state index in [0.717, 1.165) is 28.3 Å². The summed E-state index contributed by atoms with van der Waals surface area (Å²) in [5.41, 5.74) is -0.0564. The van der Waals surface area contributed by atoms with Gasteiger partial charge >= 0.3 is 0 Å². The molecule has 11 nitrogen and oxygen atoms in total. The minimum Gasteiger partial charge on any atom is -0.495 e. The molecule has 0 aromatic heterocycles. The predicted octanol–water partition coefficient (Wildman–Crippen LogP) is 5.23. The fourth-order valence-electron chi connectivity index (χ4n) is 4.42. The molecule has 2 amide bonds. The van der Waals surface area contributed by atoms with Gasteiger partial charge in [-0.3, -0.25) is 24.0 Å². The summed E-state index contributed by atoms with van der Waals surface area (Å²) in [6.07, 6.45) is 0.964. The van der Waals surface area contributed by atoms with E-state index in [4.69, 9.17) is 27.9 Å². The van der Waals surface area contributed by atoms with Crippen molar-refractivity contribution in [3.05, 3.63) is 98.0 Å². The van der Waals surface area contributed by atoms with Crippen LogP contribution in [0, 0.1) is 10.1 Å². The minimum atomic E-state index is -4.20. The van der Waals surface area contributed by atoms with Gasteiger partial charge in [0.25, 0.3) is 5.69 Å². The van der Waals surface area contributed by atoms with Crippen molar-refractivity contribution in [3.63, 3.8) is 0 Å². The van der Waals surface area contributed by atoms with Crippen molar-refractivity contribution in [3.8, 4) is 5.75 Å². The number of amides is 2. The molecule has 1 N–H and O–H groups in total. The number of nitrogens with zero attached hydrogens (tertiary/aromatic N) is 3. The Morgan fingerprint density at radius 3 is 2.25 bits per heavy atom. The number of carbonyl (C=O) groups is 2. The zero-order chi connectivity index (χ0) is 32.8. The third-order valence-corrected chi connectivity index (χ3v) is 8.16. The molecule has 1 unspecified atom stereocenters. The number of hydrogen-bond acceptors (Lipinski definition) is 7. The van der Waals surface area contributed by atoms with Gasteiger partial charge in [0.2, 0.25) is 21.8 Å². The number of nitro groups is 1. The Morgan fingerprint density at radius 1 is 1.05 bits per heavy atom. The number of nitrogens with one attached hydrogen (secondary N) is 1. The lowest BCUT2D eigenvalue weighted by Crippen LogP contribution is -2.56. The number of methoxy groups -OCH3 is 1. The van der Waals surface area contributed by atoms with Gasteiger partial charge < -0.3 is 15.0 Å². The van der Waals surface area contributed by atoms with E-state index >= 15 is 0 Å². The lowest BCUT2D eigenvalue weighted by molar-refractivity contribution is -0.384. The molecule has 44 heavy (non-hydrogen) atoms. The van der Waals surface area contributed by atoms with Crippen molar-refractivity contribution in [1.82, 2.24) is 10.2 Å². The Labute approximate surface area is 266 Å². The van der Waals surface area contributed by atoms with Gasteiger partial charge in [0, 0.05) is 40.7 Å². The fraction of sp³-hybridized carbons (Fsp3) is 0.333. The summed E-state index contributed by atoms with van der Waals surface area (Å²) < 4.78 is 32.2. The molecule has 0 heterocycles. The van der Waals surface area contributed by atoms with Crippen LogP contribution in [0.3, 0.4) is 0 Å². The molecule has 0 aliphatic rings. The highest BCUT2D eigenvalue weighted by atomic mass is 35.5. The minimum absolute atomic E-state index is 0.00701. The Morgan fingerprint density at radius 2 is 1.70 bits per heavy atom. The van der Waals surface area contributed by atoms with E-state index in [1.54, 1.807) is 45.0 Å². The fourth-order valence-corrected chi connectivity index (χ4v) is 5.74. The van der Waals surface area contributed by atoms with Crippen molar-refractivity contribution in [2.45, 2.75) is 45.3 Å². The first-order valence-electron chi connectivity index (χ1n) is 13.4. The highest BCUT2D eigenvalue weighted by Gasteiger charge is 2.35. The highest BCUT2D eigenvalue weighted by molar-refractivity contribution is 7.92. The van der Waals surface area contributed by atoms with Gasteiger partial charge in [0.05, 0.1) is 18.3 Å². The molecule has 236 valence electrons. The van der Waals surface area contributed by atoms with Gasteiger partial charge in [-0.25, -0.2) is 8.42 Å². The summed E-state index contributed by atoms with van der Waals surface area (Å²) in [6.45, 7) is 4.43. The second-order valence-corrected chi connectivity index (χ2v) is 13.8. The van der Waals surface area contributed by atoms with Crippen LogP contribution in [0.25, 0.3) is 0 Å². The van der Waals surface area contributed by atoms with Crippen LogP contribution in [0.5, 0.6) is 5.75 Å². The molecule has 14 heteroatoms. The summed E-state index contributed by atoms with van der Waals surface area (Å²) in [6, 6.07) is 16.1. The first kappa shape index (κ1) is 34.6. The van der Waals surface area contributed by atoms with Crippen molar-refractivity contribution in [2.24, 2.45) is 0 Å². The summed E-state index contributed by atoms with van der Waals surface area (Å²) in [5, 5.41) is 15.1. The van der Waals surface area contributed by atoms with Crippen molar-refractivity contribution in [2.75, 3.05) is 24.2 Å². The van der Waals surface area contributed by atoms with Gasteiger partial charge in [-0.15, -0.1) is 0 Å². The molecule has 0 spiro atoms. The van der Waals surface area contributed by atoms with Crippen LogP contribution >= 0.6 is 23.2 Å². The monoisotopic (exact) mass is 664 g/mol. The Hall–Kier alpha value is -3.87. The quantitative estimate of drug-likeness (QED) is 0.207. The number of hydrogen-bond donors (Lipinski definition) is 1. The number of nitro benzene ring substituents is 1. The zero-order valence-electron chi connectivity index (χ0n) is 24.9. The van der Waals surface area contributed by atoms with Gasteiger partial charge in [0.1, 0.15) is 24.0 Å². The van der Waals surface area contributed by atoms with Crippen molar-refractivity contribution < 1.29 is 27.7 Å². The Bertz CT molecular complexity index is 1630. The molecule has 1 atom stereocenters. The highest BCUT2D eigenvalue weighted by Crippen LogP contribution is 2.34. The van der Waals surface area contributed by atoms with E-state index in [-0.39, 0.29) is 29.4 Å². The van der Waals surface area contributed by atoms with E-state index in [2.05, 4.69) is 5.32 Å². The first-order valence-corrected chi connectivity index (χ1v) is 16.0. The molecular formula is C30H34Cl2N4O7S. The van der Waals surface area contributed by atoms with Crippen LogP contribution < -0.4 is 14.4 Å². The van der Waals surface area contributed by atoms with Crippen LogP contribution in [0.1, 0.15) is 31.9 Å². The summed E-state index contributed by atoms with van der Waals surface area (Å²) in [7, 11) is -2.93. The van der Waals surface area contributed by atoms with Crippen LogP contribution in [0.2, 0.25) is 10.0 Å². The molecule has 3 aromatic carbocycles. The molecule has 0 aliphatic carbocycles. The van der Waals surface area contributed by atoms with Crippen molar-refractivity contribution in [1.29, 1.82) is 0 Å². The second kappa shape index (κ2) is 14.3. The molecule has 0 aliphatic heterocycles. The Kier molecular flexibility index (Phi) is 11.2. The topological polar surface area (TPSA) is 139 Å². The van der Waals surface area contributed by atoms with E-state index in [9.17, 15) is 28.1 Å². The van der Waals surface area contributed by atoms with Crippen LogP contribution in [-0.4, -0.2) is 61.5 Å². The maximum Gasteiger partial charge on any atom is 0.271 e. The number of halogens is 2. The second-order valence-electron chi connectivity index (χ2n) is 11.1. The molecule has 0 radical (unpaired) electrons. The summed E-state index contributed by atoms with van der Waals surface area (Å²) in [4.78, 5) is 40.2. The van der Waals surface area contributed by atoms with Crippen LogP contribution in [-0.2, 0) is 32.6 Å². The summed E-state index contributed by atoms with van der Waals surface area (Å²) >= 11 is 12.6. The lowest BCUT2D eigenvalue weighted by atomic mass is 10.0. The molecule has 3 aromatic rings. The number of non-ortho nitro benzene ring substituents is 1. The molecule has 0 saturated heterocycles. The standard InChI is InChI=1S/C30H34Cl2N4O7S/c1-30(2,3)33-29(38)26(15-20-9-7-6-8-10-20)34(18-21-11-12-22(31)16-24(21)32)28(37)19-35(44(5,41)42)25-17-23(36(39)40)13-14-27(25)43-4/h6-14,16-17,26H,15,18-19H2,1-5H3,(H,33,38). The van der Waals surface area contributed by atoms with E-state index in [1.807, 2.05) is 18.2 Å². The normalized spacial score (nSPS) is 12.2. The van der Waals surface area contributed by atoms with Gasteiger partial charge in [0.15, 0.2) is 0 Å². The molecule has 0 fully saturated rings. The predicted molar refractivity (Wildman–Crippen MR) is 171 cm³/mol. The lowest BCUT2D eigenvalue weighted by Gasteiger charge is -2.35. The molecule has 0 bridgehead atoms. The first-order chi connectivity index (χ1) is 20.5. The summed E-state index contributed by atoms with van der Waals surface area (Å²) in [5.74, 6) is -1.24. The number of ether oxygens (including phenoxy) is 1. The smallest absolute Gasteiger partial charge is 0.271 e. The number of anilines is 1. The van der Waals surface area contributed by atoms with Crippen LogP contribution in [0.15, 0.2) is 66.7 Å². The van der Waals surface area contributed by atoms with E-state index in [1.165, 1.54) is 24.1 Å². The van der Waals surface area contributed by atoms with E-state index < -0.39 is 50.6 Å². The maximum absolute atomic E-state index is 14.3. The maximum atomic E-state index is 14.3. The van der Waals surface area contributed by atoms with Gasteiger partial charge in [-0.2, -0.15) is 0 Å². The van der Waals surface area contributed by atoms with E-state index in [0.29, 0.717) is 10.6 Å². The molecule has 0 saturated carbocycles. The third-order valence-electron chi connectivity index (χ3n) is 6.45. The number of carbonyl (C=O) groups excluding carboxylic acids is 2. The number of rotatable bonds is 12. The zero-order valence-corrected chi connectivity index (χ0v) is 27.2. The number of sulfonamides is 1. The van der Waals surface area contributed by atoms with Crippen molar-refractivity contribution >= 4 is 56.4 Å². The Balaban J connectivity index is 2.17. The van der Waals surface area contributed by atoms with Crippen LogP contribution in [0.4, 0.5) is 11.4 Å². The third kappa shape index (κ3) is 9.31. The largest absolute Gasteiger partial charge is 0.495 e. The van der Waals surface area contributed by atoms with Gasteiger partial charge in [-0.1, -0.05) is 59.6 Å². The SMILES string of the molecule is COc1ccc([N+](=O)[O-])cc1N(CC(=O)N(Cc1ccc(Cl)cc1Cl)C(Cc1ccccc1)C(=O)NC(C)(C)C)S(C)(=O)=O. The molecule has 3 rings (SSSR count).